The fraction of sp³-hybridized carbons (Fsp3) is 0. The summed E-state index contributed by atoms with van der Waals surface area (Å²) in [5, 5.41) is 4.58. The van der Waals surface area contributed by atoms with E-state index in [1.165, 1.54) is 16.5 Å². The molecular formula is C40H25NO2. The van der Waals surface area contributed by atoms with Gasteiger partial charge in [-0.05, 0) is 82.7 Å². The summed E-state index contributed by atoms with van der Waals surface area (Å²) in [6.45, 7) is 0. The highest BCUT2D eigenvalue weighted by Gasteiger charge is 2.21. The van der Waals surface area contributed by atoms with Gasteiger partial charge in [0, 0.05) is 38.8 Å². The highest BCUT2D eigenvalue weighted by Crippen LogP contribution is 2.48. The van der Waals surface area contributed by atoms with Gasteiger partial charge in [-0.15, -0.1) is 0 Å². The van der Waals surface area contributed by atoms with E-state index in [4.69, 9.17) is 9.15 Å². The van der Waals surface area contributed by atoms with Crippen LogP contribution in [0.2, 0.25) is 0 Å². The van der Waals surface area contributed by atoms with E-state index in [9.17, 15) is 0 Å². The monoisotopic (exact) mass is 551 g/mol. The quantitative estimate of drug-likeness (QED) is 0.218. The predicted molar refractivity (Wildman–Crippen MR) is 177 cm³/mol. The van der Waals surface area contributed by atoms with Crippen molar-refractivity contribution in [1.82, 2.24) is 0 Å². The standard InChI is InChI=1S/C40H25NO2/c1-2-9-27(10-3-1)41(29-21-24-38-35(25-29)32-12-5-7-15-37(32)42-38)28-19-17-26(18-20-28)30-22-23-34-31-11-4-6-14-36(31)43-39-16-8-13-33(30)40(34)39/h1-25H. The molecule has 43 heavy (non-hydrogen) atoms. The first-order chi connectivity index (χ1) is 21.3. The van der Waals surface area contributed by atoms with Gasteiger partial charge < -0.3 is 14.1 Å². The molecule has 3 heteroatoms. The Kier molecular flexibility index (Phi) is 5.20. The number of furan rings is 1. The number of hydrogen-bond acceptors (Lipinski definition) is 3. The highest BCUT2D eigenvalue weighted by atomic mass is 16.5. The van der Waals surface area contributed by atoms with Crippen LogP contribution in [0.15, 0.2) is 156 Å². The number of benzene rings is 7. The summed E-state index contributed by atoms with van der Waals surface area (Å²) in [7, 11) is 0. The van der Waals surface area contributed by atoms with Crippen LogP contribution < -0.4 is 9.64 Å². The van der Waals surface area contributed by atoms with Crippen molar-refractivity contribution >= 4 is 49.8 Å². The Bertz CT molecular complexity index is 2320. The molecule has 1 aliphatic heterocycles. The number of hydrogen-bond donors (Lipinski definition) is 0. The van der Waals surface area contributed by atoms with Crippen molar-refractivity contribution in [2.24, 2.45) is 0 Å². The maximum atomic E-state index is 6.33. The van der Waals surface area contributed by atoms with Gasteiger partial charge in [0.05, 0.1) is 0 Å². The molecule has 8 aromatic rings. The Morgan fingerprint density at radius 2 is 1.07 bits per heavy atom. The smallest absolute Gasteiger partial charge is 0.135 e. The maximum absolute atomic E-state index is 6.33. The molecule has 0 radical (unpaired) electrons. The minimum atomic E-state index is 0.891. The van der Waals surface area contributed by atoms with Crippen molar-refractivity contribution in [3.63, 3.8) is 0 Å². The van der Waals surface area contributed by atoms with Gasteiger partial charge >= 0.3 is 0 Å². The minimum absolute atomic E-state index is 0.891. The zero-order valence-electron chi connectivity index (χ0n) is 23.2. The van der Waals surface area contributed by atoms with Gasteiger partial charge in [-0.2, -0.15) is 0 Å². The van der Waals surface area contributed by atoms with Crippen molar-refractivity contribution in [2.75, 3.05) is 4.90 Å². The summed E-state index contributed by atoms with van der Waals surface area (Å²) < 4.78 is 12.4. The van der Waals surface area contributed by atoms with Gasteiger partial charge in [0.1, 0.15) is 22.7 Å². The zero-order valence-corrected chi connectivity index (χ0v) is 23.2. The fourth-order valence-corrected chi connectivity index (χ4v) is 6.50. The average molecular weight is 552 g/mol. The third-order valence-corrected chi connectivity index (χ3v) is 8.47. The van der Waals surface area contributed by atoms with Gasteiger partial charge in [0.15, 0.2) is 0 Å². The second kappa shape index (κ2) is 9.37. The van der Waals surface area contributed by atoms with E-state index >= 15 is 0 Å². The molecule has 0 aliphatic carbocycles. The Morgan fingerprint density at radius 1 is 0.395 bits per heavy atom. The molecule has 0 N–H and O–H groups in total. The van der Waals surface area contributed by atoms with E-state index < -0.39 is 0 Å². The molecule has 3 nitrogen and oxygen atoms in total. The van der Waals surface area contributed by atoms with Crippen LogP contribution in [0.25, 0.3) is 55.0 Å². The topological polar surface area (TPSA) is 25.6 Å². The molecule has 0 atom stereocenters. The Labute approximate surface area is 248 Å². The Hall–Kier alpha value is -5.80. The predicted octanol–water partition coefficient (Wildman–Crippen LogP) is 11.6. The third kappa shape index (κ3) is 3.75. The second-order valence-corrected chi connectivity index (χ2v) is 10.9. The molecule has 0 saturated carbocycles. The summed E-state index contributed by atoms with van der Waals surface area (Å²) in [6.07, 6.45) is 0. The SMILES string of the molecule is c1ccc(N(c2ccc(-c3ccc4c5c(cccc35)Oc3ccccc3-4)cc2)c2ccc3oc4ccccc4c3c2)cc1. The van der Waals surface area contributed by atoms with Gasteiger partial charge in [0.25, 0.3) is 0 Å². The third-order valence-electron chi connectivity index (χ3n) is 8.47. The first-order valence-corrected chi connectivity index (χ1v) is 14.5. The number of para-hydroxylation sites is 3. The van der Waals surface area contributed by atoms with E-state index in [0.717, 1.165) is 67.0 Å². The van der Waals surface area contributed by atoms with Crippen LogP contribution in [0.1, 0.15) is 0 Å². The summed E-state index contributed by atoms with van der Waals surface area (Å²) >= 11 is 0. The number of rotatable bonds is 4. The summed E-state index contributed by atoms with van der Waals surface area (Å²) in [5.74, 6) is 1.81. The summed E-state index contributed by atoms with van der Waals surface area (Å²) in [4.78, 5) is 2.30. The molecular weight excluding hydrogens is 526 g/mol. The number of anilines is 3. The molecule has 202 valence electrons. The fourth-order valence-electron chi connectivity index (χ4n) is 6.50. The zero-order chi connectivity index (χ0) is 28.3. The lowest BCUT2D eigenvalue weighted by molar-refractivity contribution is 0.487. The highest BCUT2D eigenvalue weighted by molar-refractivity contribution is 6.10. The normalized spacial score (nSPS) is 11.9. The lowest BCUT2D eigenvalue weighted by atomic mass is 9.90. The molecule has 0 amide bonds. The molecule has 0 unspecified atom stereocenters. The minimum Gasteiger partial charge on any atom is -0.456 e. The van der Waals surface area contributed by atoms with Crippen molar-refractivity contribution in [3.8, 4) is 33.8 Å². The second-order valence-electron chi connectivity index (χ2n) is 10.9. The van der Waals surface area contributed by atoms with Gasteiger partial charge in [-0.25, -0.2) is 0 Å². The maximum Gasteiger partial charge on any atom is 0.135 e. The molecule has 1 aromatic heterocycles. The lowest BCUT2D eigenvalue weighted by Gasteiger charge is -2.26. The van der Waals surface area contributed by atoms with Crippen molar-refractivity contribution in [3.05, 3.63) is 152 Å². The first-order valence-electron chi connectivity index (χ1n) is 14.5. The summed E-state index contributed by atoms with van der Waals surface area (Å²) in [6, 6.07) is 53.1. The van der Waals surface area contributed by atoms with Crippen LogP contribution in [0.3, 0.4) is 0 Å². The van der Waals surface area contributed by atoms with E-state index in [1.54, 1.807) is 0 Å². The number of nitrogens with zero attached hydrogens (tertiary/aromatic N) is 1. The summed E-state index contributed by atoms with van der Waals surface area (Å²) in [5.41, 5.74) is 9.75. The van der Waals surface area contributed by atoms with Crippen LogP contribution >= 0.6 is 0 Å². The number of fused-ring (bicyclic) bond motifs is 5. The molecule has 0 saturated heterocycles. The van der Waals surface area contributed by atoms with E-state index in [0.29, 0.717) is 0 Å². The Morgan fingerprint density at radius 3 is 1.98 bits per heavy atom. The number of ether oxygens (including phenoxy) is 1. The lowest BCUT2D eigenvalue weighted by Crippen LogP contribution is -2.09. The van der Waals surface area contributed by atoms with Crippen molar-refractivity contribution in [1.29, 1.82) is 0 Å². The van der Waals surface area contributed by atoms with Crippen LogP contribution in [0, 0.1) is 0 Å². The van der Waals surface area contributed by atoms with Gasteiger partial charge in [0.2, 0.25) is 0 Å². The van der Waals surface area contributed by atoms with E-state index in [-0.39, 0.29) is 0 Å². The molecule has 7 aromatic carbocycles. The largest absolute Gasteiger partial charge is 0.456 e. The van der Waals surface area contributed by atoms with Crippen LogP contribution in [-0.4, -0.2) is 0 Å². The van der Waals surface area contributed by atoms with Crippen molar-refractivity contribution < 1.29 is 9.15 Å². The molecule has 0 spiro atoms. The molecule has 0 bridgehead atoms. The van der Waals surface area contributed by atoms with Gasteiger partial charge in [-0.1, -0.05) is 91.0 Å². The van der Waals surface area contributed by atoms with Crippen LogP contribution in [0.4, 0.5) is 17.1 Å². The van der Waals surface area contributed by atoms with Crippen molar-refractivity contribution in [2.45, 2.75) is 0 Å². The van der Waals surface area contributed by atoms with Crippen LogP contribution in [0.5, 0.6) is 11.5 Å². The molecule has 2 heterocycles. The van der Waals surface area contributed by atoms with Crippen LogP contribution in [-0.2, 0) is 0 Å². The molecule has 9 rings (SSSR count). The van der Waals surface area contributed by atoms with E-state index in [1.807, 2.05) is 24.3 Å². The van der Waals surface area contributed by atoms with E-state index in [2.05, 4.69) is 132 Å². The first kappa shape index (κ1) is 23.9. The Balaban J connectivity index is 1.17. The average Bonchev–Trinajstić information content (AvgIpc) is 3.44. The molecule has 0 fully saturated rings. The van der Waals surface area contributed by atoms with Gasteiger partial charge in [-0.3, -0.25) is 0 Å². The molecule has 1 aliphatic rings.